The maximum Gasteiger partial charge on any atom is 0.337 e. The molecule has 0 radical (unpaired) electrons. The van der Waals surface area contributed by atoms with E-state index in [1.54, 1.807) is 41.4 Å². The van der Waals surface area contributed by atoms with Crippen molar-refractivity contribution in [2.75, 3.05) is 7.11 Å². The Kier molecular flexibility index (Phi) is 6.45. The topological polar surface area (TPSA) is 59.5 Å². The highest BCUT2D eigenvalue weighted by molar-refractivity contribution is 5.97. The number of carbonyl (C=O) groups excluding carboxylic acids is 2. The first-order valence-electron chi connectivity index (χ1n) is 10.5. The summed E-state index contributed by atoms with van der Waals surface area (Å²) in [4.78, 5) is 31.8. The molecular weight excluding hydrogens is 419 g/mol. The van der Waals surface area contributed by atoms with Gasteiger partial charge in [-0.2, -0.15) is 0 Å². The molecule has 0 spiro atoms. The highest BCUT2D eigenvalue weighted by atomic mass is 19.1. The number of methoxy groups -OCH3 is 1. The predicted octanol–water partition coefficient (Wildman–Crippen LogP) is 5.56. The molecule has 4 rings (SSSR count). The molecule has 1 amide bonds. The zero-order chi connectivity index (χ0) is 23.4. The number of esters is 1. The monoisotopic (exact) mass is 442 g/mol. The lowest BCUT2D eigenvalue weighted by atomic mass is 10.0. The number of rotatable bonds is 6. The maximum atomic E-state index is 13.7. The van der Waals surface area contributed by atoms with Crippen LogP contribution in [0.25, 0.3) is 10.9 Å². The summed E-state index contributed by atoms with van der Waals surface area (Å²) in [7, 11) is 1.33. The van der Waals surface area contributed by atoms with E-state index < -0.39 is 5.97 Å². The zero-order valence-electron chi connectivity index (χ0n) is 18.4. The predicted molar refractivity (Wildman–Crippen MR) is 124 cm³/mol. The molecule has 0 aliphatic carbocycles. The van der Waals surface area contributed by atoms with Crippen LogP contribution in [0, 0.1) is 5.82 Å². The van der Waals surface area contributed by atoms with Crippen LogP contribution >= 0.6 is 0 Å². The lowest BCUT2D eigenvalue weighted by Gasteiger charge is -2.30. The van der Waals surface area contributed by atoms with Gasteiger partial charge in [0.05, 0.1) is 29.8 Å². The van der Waals surface area contributed by atoms with Crippen LogP contribution in [0.4, 0.5) is 4.39 Å². The highest BCUT2D eigenvalue weighted by Gasteiger charge is 2.24. The first-order valence-corrected chi connectivity index (χ1v) is 10.5. The zero-order valence-corrected chi connectivity index (χ0v) is 18.4. The van der Waals surface area contributed by atoms with E-state index in [0.717, 1.165) is 22.0 Å². The Balaban J connectivity index is 1.72. The number of aromatic nitrogens is 1. The van der Waals surface area contributed by atoms with Gasteiger partial charge in [0, 0.05) is 18.1 Å². The van der Waals surface area contributed by atoms with Gasteiger partial charge >= 0.3 is 5.97 Å². The molecule has 3 aromatic carbocycles. The van der Waals surface area contributed by atoms with Gasteiger partial charge < -0.3 is 9.64 Å². The molecule has 0 aliphatic heterocycles. The summed E-state index contributed by atoms with van der Waals surface area (Å²) in [6.45, 7) is 2.14. The summed E-state index contributed by atoms with van der Waals surface area (Å²) >= 11 is 0. The first kappa shape index (κ1) is 22.1. The van der Waals surface area contributed by atoms with E-state index in [-0.39, 0.29) is 24.3 Å². The molecule has 1 unspecified atom stereocenters. The molecule has 0 N–H and O–H groups in total. The molecule has 1 heterocycles. The fourth-order valence-corrected chi connectivity index (χ4v) is 3.77. The quantitative estimate of drug-likeness (QED) is 0.367. The number of halogens is 1. The average Bonchev–Trinajstić information content (AvgIpc) is 2.86. The Morgan fingerprint density at radius 3 is 2.48 bits per heavy atom. The molecule has 33 heavy (non-hydrogen) atoms. The van der Waals surface area contributed by atoms with E-state index in [1.165, 1.54) is 19.2 Å². The van der Waals surface area contributed by atoms with E-state index in [4.69, 9.17) is 4.74 Å². The third-order valence-electron chi connectivity index (χ3n) is 5.62. The Labute approximate surface area is 191 Å². The standard InChI is InChI=1S/C27H23FN2O3/c1-18(20-10-12-24(28)13-11-20)30(17-19-6-5-8-22(14-19)27(32)33-2)26(31)23-15-21-7-3-4-9-25(21)29-16-23/h3-16,18H,17H2,1-2H3. The van der Waals surface area contributed by atoms with Crippen molar-refractivity contribution in [3.8, 4) is 0 Å². The highest BCUT2D eigenvalue weighted by Crippen LogP contribution is 2.26. The van der Waals surface area contributed by atoms with Gasteiger partial charge in [0.15, 0.2) is 0 Å². The van der Waals surface area contributed by atoms with E-state index >= 15 is 0 Å². The normalized spacial score (nSPS) is 11.7. The number of amides is 1. The minimum atomic E-state index is -0.444. The SMILES string of the molecule is COC(=O)c1cccc(CN(C(=O)c2cnc3ccccc3c2)C(C)c2ccc(F)cc2)c1. The number of nitrogens with zero attached hydrogens (tertiary/aromatic N) is 2. The number of benzene rings is 3. The molecule has 0 saturated carbocycles. The lowest BCUT2D eigenvalue weighted by Crippen LogP contribution is -2.33. The first-order chi connectivity index (χ1) is 16.0. The van der Waals surface area contributed by atoms with Crippen LogP contribution in [0.15, 0.2) is 85.1 Å². The van der Waals surface area contributed by atoms with Crippen molar-refractivity contribution in [1.82, 2.24) is 9.88 Å². The van der Waals surface area contributed by atoms with Crippen molar-refractivity contribution >= 4 is 22.8 Å². The average molecular weight is 442 g/mol. The molecule has 1 atom stereocenters. The van der Waals surface area contributed by atoms with Gasteiger partial charge in [-0.25, -0.2) is 9.18 Å². The molecule has 0 fully saturated rings. The van der Waals surface area contributed by atoms with Gasteiger partial charge in [0.2, 0.25) is 0 Å². The minimum absolute atomic E-state index is 0.214. The van der Waals surface area contributed by atoms with Gasteiger partial charge in [0.1, 0.15) is 5.82 Å². The summed E-state index contributed by atoms with van der Waals surface area (Å²) < 4.78 is 18.3. The number of carbonyl (C=O) groups is 2. The fourth-order valence-electron chi connectivity index (χ4n) is 3.77. The van der Waals surface area contributed by atoms with E-state index in [2.05, 4.69) is 4.98 Å². The van der Waals surface area contributed by atoms with Crippen LogP contribution in [0.1, 0.15) is 44.8 Å². The summed E-state index contributed by atoms with van der Waals surface area (Å²) in [5.74, 6) is -0.998. The molecule has 6 heteroatoms. The molecule has 4 aromatic rings. The van der Waals surface area contributed by atoms with Crippen LogP contribution in [-0.2, 0) is 11.3 Å². The fraction of sp³-hybridized carbons (Fsp3) is 0.148. The lowest BCUT2D eigenvalue weighted by molar-refractivity contribution is 0.0600. The summed E-state index contributed by atoms with van der Waals surface area (Å²) in [5, 5.41) is 0.866. The van der Waals surface area contributed by atoms with E-state index in [9.17, 15) is 14.0 Å². The van der Waals surface area contributed by atoms with Gasteiger partial charge in [-0.1, -0.05) is 42.5 Å². The molecule has 0 aliphatic rings. The van der Waals surface area contributed by atoms with Crippen LogP contribution in [0.3, 0.4) is 0 Å². The van der Waals surface area contributed by atoms with Crippen LogP contribution in [0.2, 0.25) is 0 Å². The van der Waals surface area contributed by atoms with Crippen molar-refractivity contribution in [3.63, 3.8) is 0 Å². The smallest absolute Gasteiger partial charge is 0.337 e. The summed E-state index contributed by atoms with van der Waals surface area (Å²) in [6.07, 6.45) is 1.57. The molecule has 166 valence electrons. The Morgan fingerprint density at radius 1 is 0.970 bits per heavy atom. The Hall–Kier alpha value is -4.06. The minimum Gasteiger partial charge on any atom is -0.465 e. The van der Waals surface area contributed by atoms with Crippen LogP contribution in [0.5, 0.6) is 0 Å². The van der Waals surface area contributed by atoms with Gasteiger partial charge in [0.25, 0.3) is 5.91 Å². The van der Waals surface area contributed by atoms with Crippen molar-refractivity contribution in [2.45, 2.75) is 19.5 Å². The van der Waals surface area contributed by atoms with Gasteiger partial charge in [-0.05, 0) is 54.4 Å². The largest absolute Gasteiger partial charge is 0.465 e. The second kappa shape index (κ2) is 9.61. The number of fused-ring (bicyclic) bond motifs is 1. The second-order valence-electron chi connectivity index (χ2n) is 7.77. The van der Waals surface area contributed by atoms with Gasteiger partial charge in [-0.3, -0.25) is 9.78 Å². The van der Waals surface area contributed by atoms with Crippen LogP contribution < -0.4 is 0 Å². The molecule has 1 aromatic heterocycles. The van der Waals surface area contributed by atoms with Crippen molar-refractivity contribution in [2.24, 2.45) is 0 Å². The molecular formula is C27H23FN2O3. The van der Waals surface area contributed by atoms with Crippen LogP contribution in [-0.4, -0.2) is 28.9 Å². The summed E-state index contributed by atoms with van der Waals surface area (Å²) in [5.41, 5.74) is 3.23. The van der Waals surface area contributed by atoms with Crippen molar-refractivity contribution < 1.29 is 18.7 Å². The summed E-state index contributed by atoms with van der Waals surface area (Å²) in [6, 6.07) is 22.1. The number of hydrogen-bond donors (Lipinski definition) is 0. The Bertz CT molecular complexity index is 1300. The second-order valence-corrected chi connectivity index (χ2v) is 7.77. The number of para-hydroxylation sites is 1. The number of pyridine rings is 1. The van der Waals surface area contributed by atoms with E-state index in [1.807, 2.05) is 43.3 Å². The van der Waals surface area contributed by atoms with Gasteiger partial charge in [-0.15, -0.1) is 0 Å². The third-order valence-corrected chi connectivity index (χ3v) is 5.62. The number of hydrogen-bond acceptors (Lipinski definition) is 4. The Morgan fingerprint density at radius 2 is 1.73 bits per heavy atom. The van der Waals surface area contributed by atoms with Crippen molar-refractivity contribution in [3.05, 3.63) is 113 Å². The number of ether oxygens (including phenoxy) is 1. The van der Waals surface area contributed by atoms with Crippen molar-refractivity contribution in [1.29, 1.82) is 0 Å². The maximum absolute atomic E-state index is 13.7. The molecule has 0 saturated heterocycles. The molecule has 0 bridgehead atoms. The molecule has 5 nitrogen and oxygen atoms in total. The van der Waals surface area contributed by atoms with E-state index in [0.29, 0.717) is 11.1 Å². The third kappa shape index (κ3) is 4.90.